The van der Waals surface area contributed by atoms with E-state index in [9.17, 15) is 0 Å². The maximum atomic E-state index is 5.61. The Kier molecular flexibility index (Phi) is 7.39. The summed E-state index contributed by atoms with van der Waals surface area (Å²) in [4.78, 5) is 16.5. The molecule has 0 N–H and O–H groups in total. The summed E-state index contributed by atoms with van der Waals surface area (Å²) in [5, 5.41) is 0. The summed E-state index contributed by atoms with van der Waals surface area (Å²) >= 11 is 0. The lowest BCUT2D eigenvalue weighted by Crippen LogP contribution is -2.25. The first-order chi connectivity index (χ1) is 14.7. The molecule has 0 radical (unpaired) electrons. The molecule has 0 atom stereocenters. The van der Waals surface area contributed by atoms with Gasteiger partial charge in [0.2, 0.25) is 0 Å². The molecule has 0 saturated heterocycles. The SMILES string of the molecule is COc1c(C)cnc(CN(Cc2ccccn2)Cc2cccc(CC(C)(C)C)n2)c1C. The molecule has 0 unspecified atom stereocenters. The topological polar surface area (TPSA) is 51.1 Å². The zero-order valence-corrected chi connectivity index (χ0v) is 19.6. The molecule has 0 bridgehead atoms. The molecule has 0 aliphatic rings. The Labute approximate surface area is 186 Å². The fraction of sp³-hybridized carbons (Fsp3) is 0.423. The van der Waals surface area contributed by atoms with Crippen molar-refractivity contribution in [3.63, 3.8) is 0 Å². The Hall–Kier alpha value is -2.79. The van der Waals surface area contributed by atoms with Crippen molar-refractivity contribution in [2.75, 3.05) is 7.11 Å². The number of ether oxygens (including phenoxy) is 1. The number of aromatic nitrogens is 3. The van der Waals surface area contributed by atoms with Crippen LogP contribution in [-0.2, 0) is 26.1 Å². The second-order valence-corrected chi connectivity index (χ2v) is 9.37. The van der Waals surface area contributed by atoms with Gasteiger partial charge in [-0.1, -0.05) is 32.9 Å². The van der Waals surface area contributed by atoms with Gasteiger partial charge in [0.15, 0.2) is 0 Å². The quantitative estimate of drug-likeness (QED) is 0.498. The van der Waals surface area contributed by atoms with Crippen LogP contribution in [0.3, 0.4) is 0 Å². The van der Waals surface area contributed by atoms with Crippen molar-refractivity contribution in [2.24, 2.45) is 5.41 Å². The summed E-state index contributed by atoms with van der Waals surface area (Å²) in [6.07, 6.45) is 4.69. The minimum absolute atomic E-state index is 0.207. The predicted octanol–water partition coefficient (Wildman–Crippen LogP) is 5.29. The van der Waals surface area contributed by atoms with Crippen LogP contribution in [0.15, 0.2) is 48.8 Å². The number of rotatable bonds is 8. The largest absolute Gasteiger partial charge is 0.496 e. The minimum Gasteiger partial charge on any atom is -0.496 e. The van der Waals surface area contributed by atoms with Crippen molar-refractivity contribution in [1.82, 2.24) is 19.9 Å². The third-order valence-electron chi connectivity index (χ3n) is 5.20. The van der Waals surface area contributed by atoms with Crippen LogP contribution in [-0.4, -0.2) is 27.0 Å². The Morgan fingerprint density at radius 3 is 2.26 bits per heavy atom. The normalized spacial score (nSPS) is 11.7. The fourth-order valence-corrected chi connectivity index (χ4v) is 3.82. The van der Waals surface area contributed by atoms with Gasteiger partial charge in [0.25, 0.3) is 0 Å². The monoisotopic (exact) mass is 418 g/mol. The van der Waals surface area contributed by atoms with Gasteiger partial charge >= 0.3 is 0 Å². The number of hydrogen-bond donors (Lipinski definition) is 0. The van der Waals surface area contributed by atoms with Crippen LogP contribution in [0.2, 0.25) is 0 Å². The van der Waals surface area contributed by atoms with Gasteiger partial charge in [0.05, 0.1) is 24.2 Å². The van der Waals surface area contributed by atoms with Gasteiger partial charge in [0.1, 0.15) is 5.75 Å². The Morgan fingerprint density at radius 2 is 1.58 bits per heavy atom. The fourth-order valence-electron chi connectivity index (χ4n) is 3.82. The van der Waals surface area contributed by atoms with E-state index in [1.807, 2.05) is 31.5 Å². The van der Waals surface area contributed by atoms with E-state index in [0.717, 1.165) is 59.2 Å². The molecule has 0 spiro atoms. The number of hydrogen-bond acceptors (Lipinski definition) is 5. The molecule has 3 aromatic heterocycles. The van der Waals surface area contributed by atoms with Gasteiger partial charge in [-0.15, -0.1) is 0 Å². The van der Waals surface area contributed by atoms with E-state index in [0.29, 0.717) is 6.54 Å². The van der Waals surface area contributed by atoms with Crippen LogP contribution >= 0.6 is 0 Å². The third kappa shape index (κ3) is 6.59. The third-order valence-corrected chi connectivity index (χ3v) is 5.20. The van der Waals surface area contributed by atoms with Crippen LogP contribution in [0.4, 0.5) is 0 Å². The first-order valence-corrected chi connectivity index (χ1v) is 10.8. The average molecular weight is 419 g/mol. The summed E-state index contributed by atoms with van der Waals surface area (Å²) in [5.74, 6) is 0.910. The standard InChI is InChI=1S/C26H34N4O/c1-19-15-28-24(20(2)25(19)31-6)18-30(16-22-10-7-8-13-27-22)17-23-12-9-11-21(29-23)14-26(3,4)5/h7-13,15H,14,16-18H2,1-6H3. The minimum atomic E-state index is 0.207. The molecule has 164 valence electrons. The molecule has 0 aromatic carbocycles. The van der Waals surface area contributed by atoms with Crippen LogP contribution in [0, 0.1) is 19.3 Å². The van der Waals surface area contributed by atoms with Crippen LogP contribution < -0.4 is 4.74 Å². The highest BCUT2D eigenvalue weighted by atomic mass is 16.5. The van der Waals surface area contributed by atoms with Gasteiger partial charge in [-0.25, -0.2) is 0 Å². The molecular formula is C26H34N4O. The van der Waals surface area contributed by atoms with Gasteiger partial charge in [-0.3, -0.25) is 19.9 Å². The van der Waals surface area contributed by atoms with E-state index in [2.05, 4.69) is 61.8 Å². The molecule has 5 nitrogen and oxygen atoms in total. The zero-order valence-electron chi connectivity index (χ0n) is 19.6. The van der Waals surface area contributed by atoms with Crippen LogP contribution in [0.25, 0.3) is 0 Å². The Morgan fingerprint density at radius 1 is 0.871 bits per heavy atom. The van der Waals surface area contributed by atoms with Gasteiger partial charge in [-0.2, -0.15) is 0 Å². The molecule has 0 aliphatic carbocycles. The number of pyridine rings is 3. The van der Waals surface area contributed by atoms with E-state index in [4.69, 9.17) is 14.7 Å². The molecule has 5 heteroatoms. The predicted molar refractivity (Wildman–Crippen MR) is 125 cm³/mol. The van der Waals surface area contributed by atoms with E-state index in [1.54, 1.807) is 7.11 Å². The molecule has 3 rings (SSSR count). The lowest BCUT2D eigenvalue weighted by Gasteiger charge is -2.24. The summed E-state index contributed by atoms with van der Waals surface area (Å²) < 4.78 is 5.61. The maximum Gasteiger partial charge on any atom is 0.128 e. The summed E-state index contributed by atoms with van der Waals surface area (Å²) in [6.45, 7) is 13.0. The smallest absolute Gasteiger partial charge is 0.128 e. The Balaban J connectivity index is 1.87. The molecule has 0 amide bonds. The molecule has 0 fully saturated rings. The highest BCUT2D eigenvalue weighted by molar-refractivity contribution is 5.41. The molecule has 31 heavy (non-hydrogen) atoms. The van der Waals surface area contributed by atoms with Crippen molar-refractivity contribution in [3.8, 4) is 5.75 Å². The lowest BCUT2D eigenvalue weighted by atomic mass is 9.90. The van der Waals surface area contributed by atoms with E-state index >= 15 is 0 Å². The summed E-state index contributed by atoms with van der Waals surface area (Å²) in [6, 6.07) is 12.4. The van der Waals surface area contributed by atoms with Crippen molar-refractivity contribution in [3.05, 3.63) is 82.7 Å². The zero-order chi connectivity index (χ0) is 22.4. The number of methoxy groups -OCH3 is 1. The summed E-state index contributed by atoms with van der Waals surface area (Å²) in [5.41, 5.74) is 6.59. The first kappa shape index (κ1) is 22.9. The molecule has 3 aromatic rings. The number of nitrogens with zero attached hydrogens (tertiary/aromatic N) is 4. The Bertz CT molecular complexity index is 996. The summed E-state index contributed by atoms with van der Waals surface area (Å²) in [7, 11) is 1.72. The maximum absolute atomic E-state index is 5.61. The van der Waals surface area contributed by atoms with E-state index < -0.39 is 0 Å². The lowest BCUT2D eigenvalue weighted by molar-refractivity contribution is 0.237. The van der Waals surface area contributed by atoms with Gasteiger partial charge in [-0.05, 0) is 49.9 Å². The second kappa shape index (κ2) is 10.0. The van der Waals surface area contributed by atoms with Crippen LogP contribution in [0.5, 0.6) is 5.75 Å². The molecule has 0 aliphatic heterocycles. The highest BCUT2D eigenvalue weighted by Gasteiger charge is 2.17. The van der Waals surface area contributed by atoms with Gasteiger partial charge in [0, 0.05) is 48.8 Å². The average Bonchev–Trinajstić information content (AvgIpc) is 2.70. The van der Waals surface area contributed by atoms with Gasteiger partial charge < -0.3 is 4.74 Å². The van der Waals surface area contributed by atoms with E-state index in [1.165, 1.54) is 0 Å². The first-order valence-electron chi connectivity index (χ1n) is 10.8. The highest BCUT2D eigenvalue weighted by Crippen LogP contribution is 2.26. The molecule has 3 heterocycles. The number of aryl methyl sites for hydroxylation is 1. The van der Waals surface area contributed by atoms with Crippen molar-refractivity contribution in [2.45, 2.75) is 60.7 Å². The van der Waals surface area contributed by atoms with Crippen LogP contribution in [0.1, 0.15) is 54.7 Å². The molecule has 0 saturated carbocycles. The second-order valence-electron chi connectivity index (χ2n) is 9.37. The van der Waals surface area contributed by atoms with Crippen molar-refractivity contribution < 1.29 is 4.74 Å². The van der Waals surface area contributed by atoms with E-state index in [-0.39, 0.29) is 5.41 Å². The molecular weight excluding hydrogens is 384 g/mol. The van der Waals surface area contributed by atoms with Crippen molar-refractivity contribution in [1.29, 1.82) is 0 Å². The van der Waals surface area contributed by atoms with Crippen molar-refractivity contribution >= 4 is 0 Å².